The summed E-state index contributed by atoms with van der Waals surface area (Å²) in [4.78, 5) is 0. The molecule has 2 fully saturated rings. The van der Waals surface area contributed by atoms with Crippen molar-refractivity contribution < 1.29 is 4.52 Å². The van der Waals surface area contributed by atoms with Crippen LogP contribution in [0, 0.1) is 0 Å². The van der Waals surface area contributed by atoms with Crippen LogP contribution in [0.3, 0.4) is 0 Å². The lowest BCUT2D eigenvalue weighted by Gasteiger charge is -2.00. The van der Waals surface area contributed by atoms with Gasteiger partial charge in [0.1, 0.15) is 5.76 Å². The minimum absolute atomic E-state index is 0.735. The number of aromatic nitrogens is 1. The van der Waals surface area contributed by atoms with Crippen molar-refractivity contribution in [2.45, 2.75) is 63.6 Å². The molecule has 2 N–H and O–H groups in total. The molecular formula is C14H23N3O. The molecule has 0 atom stereocenters. The first kappa shape index (κ1) is 12.2. The van der Waals surface area contributed by atoms with Crippen LogP contribution in [0.2, 0.25) is 0 Å². The molecule has 2 aliphatic carbocycles. The lowest BCUT2D eigenvalue weighted by molar-refractivity contribution is 0.371. The molecule has 0 bridgehead atoms. The minimum atomic E-state index is 0.735. The van der Waals surface area contributed by atoms with Crippen LogP contribution >= 0.6 is 0 Å². The summed E-state index contributed by atoms with van der Waals surface area (Å²) in [6.45, 7) is 2.01. The van der Waals surface area contributed by atoms with Gasteiger partial charge in [-0.3, -0.25) is 0 Å². The predicted molar refractivity (Wildman–Crippen MR) is 70.3 cm³/mol. The standard InChI is InChI=1S/C14H23N3O/c1(2-8-15-11-4-5-11)3-14-9-13(17-18-14)10-16-12-6-7-12/h9,11-12,15-16H,1-8,10H2. The first-order valence-electron chi connectivity index (χ1n) is 7.31. The fourth-order valence-corrected chi connectivity index (χ4v) is 2.11. The molecule has 0 aromatic carbocycles. The molecule has 4 heteroatoms. The van der Waals surface area contributed by atoms with Crippen LogP contribution in [-0.4, -0.2) is 23.8 Å². The average Bonchev–Trinajstić information content (AvgIpc) is 3.28. The molecule has 1 aromatic heterocycles. The summed E-state index contributed by atoms with van der Waals surface area (Å²) < 4.78 is 5.35. The SMILES string of the molecule is c1c(CNC2CC2)noc1CCCCNC1CC1. The van der Waals surface area contributed by atoms with Crippen molar-refractivity contribution in [2.24, 2.45) is 0 Å². The highest BCUT2D eigenvalue weighted by atomic mass is 16.5. The topological polar surface area (TPSA) is 50.1 Å². The van der Waals surface area contributed by atoms with Crippen LogP contribution in [0.5, 0.6) is 0 Å². The summed E-state index contributed by atoms with van der Waals surface area (Å²) in [7, 11) is 0. The van der Waals surface area contributed by atoms with Gasteiger partial charge < -0.3 is 15.2 Å². The summed E-state index contributed by atoms with van der Waals surface area (Å²) in [6.07, 6.45) is 8.82. The third-order valence-corrected chi connectivity index (χ3v) is 3.62. The van der Waals surface area contributed by atoms with E-state index in [0.29, 0.717) is 0 Å². The lowest BCUT2D eigenvalue weighted by Crippen LogP contribution is -2.17. The Morgan fingerprint density at radius 3 is 2.67 bits per heavy atom. The van der Waals surface area contributed by atoms with Gasteiger partial charge in [-0.1, -0.05) is 5.16 Å². The van der Waals surface area contributed by atoms with E-state index in [9.17, 15) is 0 Å². The molecule has 0 saturated heterocycles. The van der Waals surface area contributed by atoms with Crippen LogP contribution < -0.4 is 10.6 Å². The van der Waals surface area contributed by atoms with Crippen molar-refractivity contribution in [3.8, 4) is 0 Å². The van der Waals surface area contributed by atoms with Gasteiger partial charge in [0.25, 0.3) is 0 Å². The van der Waals surface area contributed by atoms with E-state index < -0.39 is 0 Å². The molecule has 2 aliphatic rings. The highest BCUT2D eigenvalue weighted by molar-refractivity contribution is 5.05. The minimum Gasteiger partial charge on any atom is -0.361 e. The Kier molecular flexibility index (Phi) is 3.96. The van der Waals surface area contributed by atoms with Gasteiger partial charge in [0.2, 0.25) is 0 Å². The Balaban J connectivity index is 1.28. The molecule has 18 heavy (non-hydrogen) atoms. The van der Waals surface area contributed by atoms with E-state index in [1.807, 2.05) is 0 Å². The summed E-state index contributed by atoms with van der Waals surface area (Å²) in [5, 5.41) is 11.1. The van der Waals surface area contributed by atoms with Crippen LogP contribution in [0.25, 0.3) is 0 Å². The Morgan fingerprint density at radius 2 is 1.89 bits per heavy atom. The maximum Gasteiger partial charge on any atom is 0.137 e. The van der Waals surface area contributed by atoms with Gasteiger partial charge in [0.15, 0.2) is 0 Å². The van der Waals surface area contributed by atoms with E-state index in [2.05, 4.69) is 21.9 Å². The van der Waals surface area contributed by atoms with E-state index >= 15 is 0 Å². The number of nitrogens with one attached hydrogen (secondary N) is 2. The molecule has 0 spiro atoms. The number of hydrogen-bond donors (Lipinski definition) is 2. The monoisotopic (exact) mass is 249 g/mol. The molecule has 4 nitrogen and oxygen atoms in total. The molecule has 0 radical (unpaired) electrons. The molecule has 2 saturated carbocycles. The van der Waals surface area contributed by atoms with Crippen LogP contribution in [0.15, 0.2) is 10.6 Å². The molecular weight excluding hydrogens is 226 g/mol. The summed E-state index contributed by atoms with van der Waals surface area (Å²) in [5.41, 5.74) is 1.05. The van der Waals surface area contributed by atoms with Gasteiger partial charge in [-0.25, -0.2) is 0 Å². The van der Waals surface area contributed by atoms with E-state index in [1.165, 1.54) is 38.5 Å². The van der Waals surface area contributed by atoms with Crippen molar-refractivity contribution in [3.63, 3.8) is 0 Å². The molecule has 1 heterocycles. The molecule has 0 aliphatic heterocycles. The summed E-state index contributed by atoms with van der Waals surface area (Å²) >= 11 is 0. The largest absolute Gasteiger partial charge is 0.361 e. The van der Waals surface area contributed by atoms with Crippen molar-refractivity contribution in [2.75, 3.05) is 6.54 Å². The fourth-order valence-electron chi connectivity index (χ4n) is 2.11. The maximum absolute atomic E-state index is 5.35. The Bertz CT molecular complexity index is 369. The van der Waals surface area contributed by atoms with Gasteiger partial charge in [-0.2, -0.15) is 0 Å². The zero-order valence-corrected chi connectivity index (χ0v) is 11.0. The second kappa shape index (κ2) is 5.85. The third-order valence-electron chi connectivity index (χ3n) is 3.62. The number of hydrogen-bond acceptors (Lipinski definition) is 4. The van der Waals surface area contributed by atoms with Crippen LogP contribution in [-0.2, 0) is 13.0 Å². The third kappa shape index (κ3) is 4.10. The second-order valence-corrected chi connectivity index (χ2v) is 5.63. The zero-order chi connectivity index (χ0) is 12.2. The fraction of sp³-hybridized carbons (Fsp3) is 0.786. The summed E-state index contributed by atoms with van der Waals surface area (Å²) in [5.74, 6) is 1.04. The van der Waals surface area contributed by atoms with E-state index in [4.69, 9.17) is 4.52 Å². The number of unbranched alkanes of at least 4 members (excludes halogenated alkanes) is 1. The maximum atomic E-state index is 5.35. The van der Waals surface area contributed by atoms with Crippen LogP contribution in [0.4, 0.5) is 0 Å². The Hall–Kier alpha value is -0.870. The van der Waals surface area contributed by atoms with E-state index in [0.717, 1.165) is 43.0 Å². The number of rotatable bonds is 9. The first-order chi connectivity index (χ1) is 8.90. The Morgan fingerprint density at radius 1 is 1.11 bits per heavy atom. The normalized spacial score (nSPS) is 19.3. The van der Waals surface area contributed by atoms with Crippen molar-refractivity contribution in [3.05, 3.63) is 17.5 Å². The molecule has 1 aromatic rings. The van der Waals surface area contributed by atoms with Gasteiger partial charge in [0.05, 0.1) is 5.69 Å². The quantitative estimate of drug-likeness (QED) is 0.657. The molecule has 3 rings (SSSR count). The lowest BCUT2D eigenvalue weighted by atomic mass is 10.2. The number of aryl methyl sites for hydroxylation is 1. The average molecular weight is 249 g/mol. The first-order valence-corrected chi connectivity index (χ1v) is 7.31. The molecule has 0 amide bonds. The smallest absolute Gasteiger partial charge is 0.137 e. The second-order valence-electron chi connectivity index (χ2n) is 5.63. The van der Waals surface area contributed by atoms with E-state index in [-0.39, 0.29) is 0 Å². The predicted octanol–water partition coefficient (Wildman–Crippen LogP) is 2.00. The highest BCUT2D eigenvalue weighted by Gasteiger charge is 2.21. The highest BCUT2D eigenvalue weighted by Crippen LogP contribution is 2.19. The van der Waals surface area contributed by atoms with Crippen molar-refractivity contribution in [1.82, 2.24) is 15.8 Å². The molecule has 100 valence electrons. The van der Waals surface area contributed by atoms with Gasteiger partial charge >= 0.3 is 0 Å². The van der Waals surface area contributed by atoms with Crippen molar-refractivity contribution >= 4 is 0 Å². The number of nitrogens with zero attached hydrogens (tertiary/aromatic N) is 1. The zero-order valence-electron chi connectivity index (χ0n) is 11.0. The van der Waals surface area contributed by atoms with Crippen LogP contribution in [0.1, 0.15) is 50.0 Å². The van der Waals surface area contributed by atoms with E-state index in [1.54, 1.807) is 0 Å². The molecule has 0 unspecified atom stereocenters. The van der Waals surface area contributed by atoms with Gasteiger partial charge in [0, 0.05) is 31.1 Å². The Labute approximate surface area is 108 Å². The van der Waals surface area contributed by atoms with Crippen molar-refractivity contribution in [1.29, 1.82) is 0 Å². The summed E-state index contributed by atoms with van der Waals surface area (Å²) in [6, 6.07) is 3.66. The van der Waals surface area contributed by atoms with Gasteiger partial charge in [-0.15, -0.1) is 0 Å². The van der Waals surface area contributed by atoms with Gasteiger partial charge in [-0.05, 0) is 45.1 Å².